The highest BCUT2D eigenvalue weighted by atomic mass is 16.4. The minimum absolute atomic E-state index is 0.161. The molecule has 6 heteroatoms. The molecule has 3 N–H and O–H groups in total. The Morgan fingerprint density at radius 2 is 1.48 bits per heavy atom. The summed E-state index contributed by atoms with van der Waals surface area (Å²) in [6.07, 6.45) is 0.833. The largest absolute Gasteiger partial charge is 0.478 e. The Balaban J connectivity index is 0.000000383. The summed E-state index contributed by atoms with van der Waals surface area (Å²) in [5.74, 6) is -3.44. The van der Waals surface area contributed by atoms with E-state index in [2.05, 4.69) is 6.58 Å². The first-order valence-corrected chi connectivity index (χ1v) is 5.72. The fraction of sp³-hybridized carbons (Fsp3) is 0. The van der Waals surface area contributed by atoms with Crippen LogP contribution in [0.15, 0.2) is 49.1 Å². The molecule has 0 fully saturated rings. The van der Waals surface area contributed by atoms with Crippen LogP contribution in [-0.4, -0.2) is 33.2 Å². The molecule has 2 rings (SSSR count). The molecule has 0 aromatic heterocycles. The van der Waals surface area contributed by atoms with Crippen molar-refractivity contribution < 1.29 is 29.7 Å². The number of rotatable bonds is 3. The average molecular weight is 288 g/mol. The van der Waals surface area contributed by atoms with Gasteiger partial charge in [-0.25, -0.2) is 14.4 Å². The van der Waals surface area contributed by atoms with Crippen molar-refractivity contribution in [1.82, 2.24) is 0 Å². The minimum Gasteiger partial charge on any atom is -0.478 e. The van der Waals surface area contributed by atoms with E-state index in [1.54, 1.807) is 30.3 Å². The van der Waals surface area contributed by atoms with Crippen LogP contribution in [0.25, 0.3) is 10.8 Å². The number of carboxylic acid groups (broad SMARTS) is 3. The normalized spacial score (nSPS) is 9.33. The lowest BCUT2D eigenvalue weighted by molar-refractivity contribution is -0.131. The number of hydrogen-bond acceptors (Lipinski definition) is 3. The van der Waals surface area contributed by atoms with Crippen LogP contribution in [0.4, 0.5) is 0 Å². The van der Waals surface area contributed by atoms with Crippen LogP contribution < -0.4 is 0 Å². The van der Waals surface area contributed by atoms with Crippen molar-refractivity contribution in [1.29, 1.82) is 0 Å². The quantitative estimate of drug-likeness (QED) is 0.748. The maximum absolute atomic E-state index is 11.1. The van der Waals surface area contributed by atoms with E-state index >= 15 is 0 Å². The Kier molecular flexibility index (Phi) is 5.19. The SMILES string of the molecule is C=CC(=O)O.O=C(O)c1ccc2ccccc2c1C(=O)O. The Bertz CT molecular complexity index is 717. The Labute approximate surface area is 119 Å². The molecule has 0 unspecified atom stereocenters. The number of aromatic carboxylic acids is 2. The third-order valence-electron chi connectivity index (χ3n) is 2.55. The van der Waals surface area contributed by atoms with Gasteiger partial charge in [0, 0.05) is 6.08 Å². The van der Waals surface area contributed by atoms with Crippen LogP contribution in [0.5, 0.6) is 0 Å². The van der Waals surface area contributed by atoms with Gasteiger partial charge in [-0.2, -0.15) is 0 Å². The molecular formula is C15H12O6. The summed E-state index contributed by atoms with van der Waals surface area (Å²) in [6, 6.07) is 9.72. The highest BCUT2D eigenvalue weighted by Crippen LogP contribution is 2.22. The van der Waals surface area contributed by atoms with Crippen molar-refractivity contribution >= 4 is 28.7 Å². The van der Waals surface area contributed by atoms with Crippen molar-refractivity contribution in [3.63, 3.8) is 0 Å². The van der Waals surface area contributed by atoms with E-state index in [1.165, 1.54) is 6.07 Å². The standard InChI is InChI=1S/C12H8O4.C3H4O2/c13-11(14)9-6-5-7-3-1-2-4-8(7)10(9)12(15)16;1-2-3(4)5/h1-6H,(H,13,14)(H,15,16);2H,1H2,(H,4,5). The van der Waals surface area contributed by atoms with Gasteiger partial charge in [0.25, 0.3) is 0 Å². The van der Waals surface area contributed by atoms with Gasteiger partial charge >= 0.3 is 17.9 Å². The van der Waals surface area contributed by atoms with Crippen molar-refractivity contribution in [3.8, 4) is 0 Å². The monoisotopic (exact) mass is 288 g/mol. The molecule has 108 valence electrons. The van der Waals surface area contributed by atoms with Gasteiger partial charge in [-0.15, -0.1) is 0 Å². The smallest absolute Gasteiger partial charge is 0.337 e. The third kappa shape index (κ3) is 3.90. The molecule has 2 aromatic rings. The second-order valence-corrected chi connectivity index (χ2v) is 3.86. The van der Waals surface area contributed by atoms with Crippen molar-refractivity contribution in [2.75, 3.05) is 0 Å². The average Bonchev–Trinajstić information content (AvgIpc) is 2.46. The summed E-state index contributed by atoms with van der Waals surface area (Å²) >= 11 is 0. The summed E-state index contributed by atoms with van der Waals surface area (Å²) in [7, 11) is 0. The van der Waals surface area contributed by atoms with Gasteiger partial charge in [0.05, 0.1) is 11.1 Å². The summed E-state index contributed by atoms with van der Waals surface area (Å²) in [4.78, 5) is 31.2. The fourth-order valence-corrected chi connectivity index (χ4v) is 1.68. The Morgan fingerprint density at radius 3 is 1.95 bits per heavy atom. The highest BCUT2D eigenvalue weighted by molar-refractivity contribution is 6.11. The summed E-state index contributed by atoms with van der Waals surface area (Å²) in [5, 5.41) is 26.7. The second kappa shape index (κ2) is 6.85. The van der Waals surface area contributed by atoms with E-state index in [1.807, 2.05) is 0 Å². The fourth-order valence-electron chi connectivity index (χ4n) is 1.68. The maximum Gasteiger partial charge on any atom is 0.337 e. The van der Waals surface area contributed by atoms with Crippen LogP contribution in [0.1, 0.15) is 20.7 Å². The number of carboxylic acids is 3. The highest BCUT2D eigenvalue weighted by Gasteiger charge is 2.18. The van der Waals surface area contributed by atoms with E-state index in [0.29, 0.717) is 10.8 Å². The molecule has 0 aliphatic rings. The molecule has 0 saturated heterocycles. The molecule has 0 aliphatic carbocycles. The molecule has 0 aliphatic heterocycles. The molecule has 0 atom stereocenters. The first kappa shape index (κ1) is 15.9. The second-order valence-electron chi connectivity index (χ2n) is 3.86. The van der Waals surface area contributed by atoms with Gasteiger partial charge in [-0.05, 0) is 16.8 Å². The van der Waals surface area contributed by atoms with Crippen LogP contribution in [-0.2, 0) is 4.79 Å². The molecule has 21 heavy (non-hydrogen) atoms. The molecule has 0 radical (unpaired) electrons. The van der Waals surface area contributed by atoms with E-state index in [0.717, 1.165) is 6.08 Å². The molecule has 2 aromatic carbocycles. The van der Waals surface area contributed by atoms with Crippen LogP contribution in [0.3, 0.4) is 0 Å². The zero-order valence-corrected chi connectivity index (χ0v) is 10.8. The molecule has 6 nitrogen and oxygen atoms in total. The van der Waals surface area contributed by atoms with Gasteiger partial charge in [0.2, 0.25) is 0 Å². The summed E-state index contributed by atoms with van der Waals surface area (Å²) in [6.45, 7) is 2.96. The van der Waals surface area contributed by atoms with Gasteiger partial charge in [-0.1, -0.05) is 36.9 Å². The van der Waals surface area contributed by atoms with E-state index < -0.39 is 17.9 Å². The summed E-state index contributed by atoms with van der Waals surface area (Å²) in [5.41, 5.74) is -0.350. The number of carbonyl (C=O) groups is 3. The van der Waals surface area contributed by atoms with Crippen LogP contribution in [0, 0.1) is 0 Å². The third-order valence-corrected chi connectivity index (χ3v) is 2.55. The van der Waals surface area contributed by atoms with Crippen LogP contribution in [0.2, 0.25) is 0 Å². The zero-order valence-electron chi connectivity index (χ0n) is 10.8. The number of hydrogen-bond donors (Lipinski definition) is 3. The minimum atomic E-state index is -1.23. The van der Waals surface area contributed by atoms with E-state index in [4.69, 9.17) is 15.3 Å². The van der Waals surface area contributed by atoms with Gasteiger partial charge in [0.1, 0.15) is 0 Å². The van der Waals surface area contributed by atoms with Gasteiger partial charge in [0.15, 0.2) is 0 Å². The molecule has 0 heterocycles. The zero-order chi connectivity index (χ0) is 16.0. The lowest BCUT2D eigenvalue weighted by atomic mass is 9.99. The molecule has 0 bridgehead atoms. The summed E-state index contributed by atoms with van der Waals surface area (Å²) < 4.78 is 0. The number of fused-ring (bicyclic) bond motifs is 1. The lowest BCUT2D eigenvalue weighted by Crippen LogP contribution is -2.08. The molecular weight excluding hydrogens is 276 g/mol. The van der Waals surface area contributed by atoms with Crippen molar-refractivity contribution in [2.24, 2.45) is 0 Å². The van der Waals surface area contributed by atoms with E-state index in [-0.39, 0.29) is 11.1 Å². The number of aliphatic carboxylic acids is 1. The van der Waals surface area contributed by atoms with Crippen LogP contribution >= 0.6 is 0 Å². The van der Waals surface area contributed by atoms with Gasteiger partial charge < -0.3 is 15.3 Å². The van der Waals surface area contributed by atoms with Gasteiger partial charge in [-0.3, -0.25) is 0 Å². The van der Waals surface area contributed by atoms with E-state index in [9.17, 15) is 14.4 Å². The van der Waals surface area contributed by atoms with Crippen molar-refractivity contribution in [2.45, 2.75) is 0 Å². The lowest BCUT2D eigenvalue weighted by Gasteiger charge is -2.05. The first-order chi connectivity index (χ1) is 9.88. The topological polar surface area (TPSA) is 112 Å². The first-order valence-electron chi connectivity index (χ1n) is 5.72. The predicted molar refractivity (Wildman–Crippen MR) is 75.7 cm³/mol. The molecule has 0 saturated carbocycles. The molecule has 0 amide bonds. The predicted octanol–water partition coefficient (Wildman–Crippen LogP) is 2.49. The van der Waals surface area contributed by atoms with Crippen molar-refractivity contribution in [3.05, 3.63) is 60.2 Å². The molecule has 0 spiro atoms. The maximum atomic E-state index is 11.1. The Hall–Kier alpha value is -3.15. The Morgan fingerprint density at radius 1 is 0.905 bits per heavy atom. The number of benzene rings is 2.